The van der Waals surface area contributed by atoms with Gasteiger partial charge in [0.15, 0.2) is 11.5 Å². The molecule has 2 aromatic rings. The van der Waals surface area contributed by atoms with E-state index in [1.54, 1.807) is 20.3 Å². The number of hydrazone groups is 1. The van der Waals surface area contributed by atoms with Crippen molar-refractivity contribution in [3.05, 3.63) is 53.6 Å². The van der Waals surface area contributed by atoms with Gasteiger partial charge < -0.3 is 14.2 Å². The zero-order valence-corrected chi connectivity index (χ0v) is 16.5. The van der Waals surface area contributed by atoms with Crippen molar-refractivity contribution in [1.82, 2.24) is 4.41 Å². The van der Waals surface area contributed by atoms with Crippen molar-refractivity contribution >= 4 is 15.7 Å². The van der Waals surface area contributed by atoms with E-state index in [1.807, 2.05) is 36.4 Å². The van der Waals surface area contributed by atoms with Gasteiger partial charge in [0.2, 0.25) is 10.0 Å². The van der Waals surface area contributed by atoms with Crippen LogP contribution >= 0.6 is 0 Å². The van der Waals surface area contributed by atoms with Crippen LogP contribution in [0.3, 0.4) is 0 Å². The van der Waals surface area contributed by atoms with Gasteiger partial charge in [-0.05, 0) is 35.9 Å². The summed E-state index contributed by atoms with van der Waals surface area (Å²) < 4.78 is 41.9. The van der Waals surface area contributed by atoms with E-state index in [2.05, 4.69) is 5.10 Å². The Morgan fingerprint density at radius 1 is 1.00 bits per heavy atom. The minimum atomic E-state index is -3.57. The molecule has 0 bridgehead atoms. The van der Waals surface area contributed by atoms with Crippen LogP contribution in [0.5, 0.6) is 17.2 Å². The molecule has 0 spiro atoms. The summed E-state index contributed by atoms with van der Waals surface area (Å²) in [5.74, 6) is 1.77. The van der Waals surface area contributed by atoms with Gasteiger partial charge in [0.1, 0.15) is 5.75 Å². The Balaban J connectivity index is 2.04. The van der Waals surface area contributed by atoms with Crippen molar-refractivity contribution in [3.8, 4) is 17.2 Å². The first-order chi connectivity index (χ1) is 12.9. The number of nitrogens with zero attached hydrogens (tertiary/aromatic N) is 2. The van der Waals surface area contributed by atoms with Gasteiger partial charge in [-0.15, -0.1) is 0 Å². The molecule has 1 atom stereocenters. The van der Waals surface area contributed by atoms with Crippen LogP contribution < -0.4 is 14.2 Å². The van der Waals surface area contributed by atoms with Crippen LogP contribution in [0.2, 0.25) is 0 Å². The molecule has 0 amide bonds. The summed E-state index contributed by atoms with van der Waals surface area (Å²) in [4.78, 5) is 0. The Labute approximate surface area is 159 Å². The lowest BCUT2D eigenvalue weighted by atomic mass is 9.98. The molecular formula is C19H22N2O5S. The van der Waals surface area contributed by atoms with Crippen LogP contribution in [0, 0.1) is 0 Å². The van der Waals surface area contributed by atoms with Crippen molar-refractivity contribution < 1.29 is 22.6 Å². The molecule has 144 valence electrons. The summed E-state index contributed by atoms with van der Waals surface area (Å²) in [5, 5.41) is 4.40. The molecule has 0 saturated carbocycles. The minimum absolute atomic E-state index is 0.420. The SMILES string of the molecule is COc1ccc(C2=NN(S(C)(=O)=O)C(c3cccc(OC)c3OC)C2)cc1. The maximum absolute atomic E-state index is 12.4. The highest BCUT2D eigenvalue weighted by Gasteiger charge is 2.36. The van der Waals surface area contributed by atoms with E-state index in [0.29, 0.717) is 29.2 Å². The zero-order valence-electron chi connectivity index (χ0n) is 15.7. The van der Waals surface area contributed by atoms with Crippen molar-refractivity contribution in [1.29, 1.82) is 0 Å². The second kappa shape index (κ2) is 7.48. The van der Waals surface area contributed by atoms with Gasteiger partial charge >= 0.3 is 0 Å². The van der Waals surface area contributed by atoms with Crippen molar-refractivity contribution in [3.63, 3.8) is 0 Å². The largest absolute Gasteiger partial charge is 0.497 e. The Bertz CT molecular complexity index is 955. The molecule has 2 aromatic carbocycles. The van der Waals surface area contributed by atoms with Crippen molar-refractivity contribution in [2.24, 2.45) is 5.10 Å². The zero-order chi connectivity index (χ0) is 19.6. The molecule has 1 heterocycles. The van der Waals surface area contributed by atoms with Gasteiger partial charge in [-0.3, -0.25) is 0 Å². The maximum atomic E-state index is 12.4. The van der Waals surface area contributed by atoms with E-state index >= 15 is 0 Å². The summed E-state index contributed by atoms with van der Waals surface area (Å²) in [6.45, 7) is 0. The highest BCUT2D eigenvalue weighted by atomic mass is 32.2. The third-order valence-corrected chi connectivity index (χ3v) is 5.44. The fraction of sp³-hybridized carbons (Fsp3) is 0.316. The first kappa shape index (κ1) is 19.0. The predicted octanol–water partition coefficient (Wildman–Crippen LogP) is 2.82. The summed E-state index contributed by atoms with van der Waals surface area (Å²) in [6.07, 6.45) is 1.57. The quantitative estimate of drug-likeness (QED) is 0.758. The second-order valence-corrected chi connectivity index (χ2v) is 7.95. The maximum Gasteiger partial charge on any atom is 0.247 e. The average molecular weight is 390 g/mol. The molecule has 1 unspecified atom stereocenters. The Hall–Kier alpha value is -2.74. The topological polar surface area (TPSA) is 77.4 Å². The van der Waals surface area contributed by atoms with Gasteiger partial charge in [0, 0.05) is 12.0 Å². The molecule has 27 heavy (non-hydrogen) atoms. The smallest absolute Gasteiger partial charge is 0.247 e. The van der Waals surface area contributed by atoms with E-state index in [0.717, 1.165) is 22.0 Å². The predicted molar refractivity (Wildman–Crippen MR) is 103 cm³/mol. The molecule has 3 rings (SSSR count). The third kappa shape index (κ3) is 3.71. The van der Waals surface area contributed by atoms with Crippen LogP contribution in [0.1, 0.15) is 23.6 Å². The van der Waals surface area contributed by atoms with E-state index in [-0.39, 0.29) is 0 Å². The number of para-hydroxylation sites is 1. The van der Waals surface area contributed by atoms with Gasteiger partial charge in [-0.1, -0.05) is 12.1 Å². The van der Waals surface area contributed by atoms with Crippen molar-refractivity contribution in [2.45, 2.75) is 12.5 Å². The molecule has 1 aliphatic rings. The molecule has 8 heteroatoms. The summed E-state index contributed by atoms with van der Waals surface area (Å²) >= 11 is 0. The molecular weight excluding hydrogens is 368 g/mol. The van der Waals surface area contributed by atoms with E-state index in [4.69, 9.17) is 14.2 Å². The molecule has 0 fully saturated rings. The Morgan fingerprint density at radius 3 is 2.26 bits per heavy atom. The van der Waals surface area contributed by atoms with E-state index in [1.165, 1.54) is 7.11 Å². The standard InChI is InChI=1S/C19H22N2O5S/c1-24-14-10-8-13(9-11-14)16-12-17(21(20-16)27(4,22)23)15-6-5-7-18(25-2)19(15)26-3/h5-11,17H,12H2,1-4H3. The summed E-state index contributed by atoms with van der Waals surface area (Å²) in [6, 6.07) is 12.3. The lowest BCUT2D eigenvalue weighted by molar-refractivity contribution is 0.329. The first-order valence-electron chi connectivity index (χ1n) is 8.31. The lowest BCUT2D eigenvalue weighted by Crippen LogP contribution is -2.26. The molecule has 0 N–H and O–H groups in total. The Kier molecular flexibility index (Phi) is 5.27. The lowest BCUT2D eigenvalue weighted by Gasteiger charge is -2.23. The van der Waals surface area contributed by atoms with Crippen LogP contribution in [-0.4, -0.2) is 46.1 Å². The monoisotopic (exact) mass is 390 g/mol. The van der Waals surface area contributed by atoms with Crippen LogP contribution in [0.4, 0.5) is 0 Å². The number of benzene rings is 2. The van der Waals surface area contributed by atoms with Gasteiger partial charge in [0.25, 0.3) is 0 Å². The van der Waals surface area contributed by atoms with Crippen LogP contribution in [0.25, 0.3) is 0 Å². The molecule has 0 saturated heterocycles. The minimum Gasteiger partial charge on any atom is -0.497 e. The number of methoxy groups -OCH3 is 3. The normalized spacial score (nSPS) is 16.8. The fourth-order valence-corrected chi connectivity index (χ4v) is 4.06. The highest BCUT2D eigenvalue weighted by Crippen LogP contribution is 2.42. The van der Waals surface area contributed by atoms with Crippen LogP contribution in [-0.2, 0) is 10.0 Å². The van der Waals surface area contributed by atoms with E-state index in [9.17, 15) is 8.42 Å². The van der Waals surface area contributed by atoms with Gasteiger partial charge in [0.05, 0.1) is 39.3 Å². The third-order valence-electron chi connectivity index (χ3n) is 4.43. The van der Waals surface area contributed by atoms with Crippen LogP contribution in [0.15, 0.2) is 47.6 Å². The number of hydrogen-bond donors (Lipinski definition) is 0. The molecule has 1 aliphatic heterocycles. The fourth-order valence-electron chi connectivity index (χ4n) is 3.16. The van der Waals surface area contributed by atoms with Crippen molar-refractivity contribution in [2.75, 3.05) is 27.6 Å². The summed E-state index contributed by atoms with van der Waals surface area (Å²) in [5.41, 5.74) is 2.22. The highest BCUT2D eigenvalue weighted by molar-refractivity contribution is 7.88. The number of rotatable bonds is 6. The number of ether oxygens (including phenoxy) is 3. The Morgan fingerprint density at radius 2 is 1.70 bits per heavy atom. The van der Waals surface area contributed by atoms with Gasteiger partial charge in [-0.2, -0.15) is 9.52 Å². The number of sulfonamides is 1. The average Bonchev–Trinajstić information content (AvgIpc) is 3.13. The van der Waals surface area contributed by atoms with E-state index < -0.39 is 16.1 Å². The summed E-state index contributed by atoms with van der Waals surface area (Å²) in [7, 11) is 1.10. The second-order valence-electron chi connectivity index (χ2n) is 6.11. The first-order valence-corrected chi connectivity index (χ1v) is 10.2. The van der Waals surface area contributed by atoms with Gasteiger partial charge in [-0.25, -0.2) is 8.42 Å². The molecule has 0 aromatic heterocycles. The molecule has 0 radical (unpaired) electrons. The number of hydrogen-bond acceptors (Lipinski definition) is 6. The molecule has 0 aliphatic carbocycles. The molecule has 7 nitrogen and oxygen atoms in total.